The fourth-order valence-corrected chi connectivity index (χ4v) is 3.04. The van der Waals surface area contributed by atoms with Crippen LogP contribution < -0.4 is 0 Å². The first-order chi connectivity index (χ1) is 9.56. The van der Waals surface area contributed by atoms with E-state index in [1.54, 1.807) is 6.33 Å². The van der Waals surface area contributed by atoms with Gasteiger partial charge in [-0.3, -0.25) is 4.79 Å². The highest BCUT2D eigenvalue weighted by Crippen LogP contribution is 2.22. The second-order valence-electron chi connectivity index (χ2n) is 5.85. The number of fused-ring (bicyclic) bond motifs is 1. The zero-order chi connectivity index (χ0) is 14.3. The van der Waals surface area contributed by atoms with Gasteiger partial charge in [0, 0.05) is 24.7 Å². The summed E-state index contributed by atoms with van der Waals surface area (Å²) < 4.78 is 0. The SMILES string of the molecule is CC1CN(C(=O)c2ccc3nc[nH]c3c2)CC1N(C)C. The summed E-state index contributed by atoms with van der Waals surface area (Å²) >= 11 is 0. The lowest BCUT2D eigenvalue weighted by Gasteiger charge is -2.22. The summed E-state index contributed by atoms with van der Waals surface area (Å²) in [4.78, 5) is 24.0. The Bertz CT molecular complexity index is 634. The van der Waals surface area contributed by atoms with Crippen LogP contribution in [0, 0.1) is 5.92 Å². The standard InChI is InChI=1S/C15H20N4O/c1-10-7-19(8-14(10)18(2)3)15(20)11-4-5-12-13(6-11)17-9-16-12/h4-6,9-10,14H,7-8H2,1-3H3,(H,16,17). The maximum absolute atomic E-state index is 12.6. The van der Waals surface area contributed by atoms with Gasteiger partial charge in [-0.05, 0) is 38.2 Å². The molecule has 1 aromatic heterocycles. The van der Waals surface area contributed by atoms with Crippen molar-refractivity contribution in [3.05, 3.63) is 30.1 Å². The number of rotatable bonds is 2. The monoisotopic (exact) mass is 272 g/mol. The van der Waals surface area contributed by atoms with Gasteiger partial charge >= 0.3 is 0 Å². The zero-order valence-corrected chi connectivity index (χ0v) is 12.1. The highest BCUT2D eigenvalue weighted by molar-refractivity contribution is 5.97. The molecule has 2 unspecified atom stereocenters. The van der Waals surface area contributed by atoms with Crippen LogP contribution in [0.25, 0.3) is 11.0 Å². The van der Waals surface area contributed by atoms with Crippen LogP contribution in [0.3, 0.4) is 0 Å². The lowest BCUT2D eigenvalue weighted by molar-refractivity contribution is 0.0781. The minimum absolute atomic E-state index is 0.109. The molecule has 1 amide bonds. The quantitative estimate of drug-likeness (QED) is 0.903. The molecule has 0 bridgehead atoms. The summed E-state index contributed by atoms with van der Waals surface area (Å²) in [5, 5.41) is 0. The molecule has 1 aromatic carbocycles. The number of likely N-dealkylation sites (N-methyl/N-ethyl adjacent to an activating group) is 1. The van der Waals surface area contributed by atoms with Crippen molar-refractivity contribution in [1.29, 1.82) is 0 Å². The van der Waals surface area contributed by atoms with Crippen molar-refractivity contribution < 1.29 is 4.79 Å². The van der Waals surface area contributed by atoms with Crippen molar-refractivity contribution >= 4 is 16.9 Å². The number of carbonyl (C=O) groups is 1. The van der Waals surface area contributed by atoms with E-state index in [1.165, 1.54) is 0 Å². The topological polar surface area (TPSA) is 52.2 Å². The molecule has 1 saturated heterocycles. The molecule has 2 atom stereocenters. The van der Waals surface area contributed by atoms with E-state index in [4.69, 9.17) is 0 Å². The number of likely N-dealkylation sites (tertiary alicyclic amines) is 1. The summed E-state index contributed by atoms with van der Waals surface area (Å²) in [6, 6.07) is 6.08. The van der Waals surface area contributed by atoms with Gasteiger partial charge in [-0.15, -0.1) is 0 Å². The molecule has 0 aliphatic carbocycles. The Morgan fingerprint density at radius 1 is 1.40 bits per heavy atom. The molecule has 20 heavy (non-hydrogen) atoms. The molecule has 1 fully saturated rings. The summed E-state index contributed by atoms with van der Waals surface area (Å²) in [5.74, 6) is 0.613. The fraction of sp³-hybridized carbons (Fsp3) is 0.467. The van der Waals surface area contributed by atoms with Crippen LogP contribution in [0.4, 0.5) is 0 Å². The number of hydrogen-bond donors (Lipinski definition) is 1. The number of carbonyl (C=O) groups excluding carboxylic acids is 1. The summed E-state index contributed by atoms with van der Waals surface area (Å²) in [6.07, 6.45) is 1.65. The van der Waals surface area contributed by atoms with E-state index >= 15 is 0 Å². The molecule has 1 N–H and O–H groups in total. The van der Waals surface area contributed by atoms with Crippen LogP contribution in [0.2, 0.25) is 0 Å². The van der Waals surface area contributed by atoms with E-state index in [0.29, 0.717) is 12.0 Å². The number of nitrogens with zero attached hydrogens (tertiary/aromatic N) is 3. The van der Waals surface area contributed by atoms with E-state index in [0.717, 1.165) is 29.7 Å². The first-order valence-corrected chi connectivity index (χ1v) is 6.95. The lowest BCUT2D eigenvalue weighted by atomic mass is 10.1. The zero-order valence-electron chi connectivity index (χ0n) is 12.1. The average molecular weight is 272 g/mol. The van der Waals surface area contributed by atoms with Gasteiger partial charge in [0.2, 0.25) is 0 Å². The largest absolute Gasteiger partial charge is 0.345 e. The van der Waals surface area contributed by atoms with E-state index < -0.39 is 0 Å². The van der Waals surface area contributed by atoms with Crippen LogP contribution in [0.5, 0.6) is 0 Å². The molecular weight excluding hydrogens is 252 g/mol. The first-order valence-electron chi connectivity index (χ1n) is 6.95. The van der Waals surface area contributed by atoms with Crippen LogP contribution in [-0.2, 0) is 0 Å². The summed E-state index contributed by atoms with van der Waals surface area (Å²) in [6.45, 7) is 3.83. The summed E-state index contributed by atoms with van der Waals surface area (Å²) in [5.41, 5.74) is 2.53. The van der Waals surface area contributed by atoms with Crippen LogP contribution in [0.15, 0.2) is 24.5 Å². The number of imidazole rings is 1. The van der Waals surface area contributed by atoms with Gasteiger partial charge in [0.1, 0.15) is 0 Å². The maximum atomic E-state index is 12.6. The number of benzene rings is 1. The van der Waals surface area contributed by atoms with E-state index in [2.05, 4.69) is 35.9 Å². The lowest BCUT2D eigenvalue weighted by Crippen LogP contribution is -2.35. The third-order valence-electron chi connectivity index (χ3n) is 4.19. The predicted octanol–water partition coefficient (Wildman–Crippen LogP) is 1.58. The molecule has 5 heteroatoms. The van der Waals surface area contributed by atoms with Gasteiger partial charge in [0.05, 0.1) is 17.4 Å². The Hall–Kier alpha value is -1.88. The molecule has 0 spiro atoms. The van der Waals surface area contributed by atoms with Crippen LogP contribution >= 0.6 is 0 Å². The molecular formula is C15H20N4O. The van der Waals surface area contributed by atoms with Gasteiger partial charge in [-0.2, -0.15) is 0 Å². The van der Waals surface area contributed by atoms with Crippen molar-refractivity contribution in [2.24, 2.45) is 5.92 Å². The minimum Gasteiger partial charge on any atom is -0.345 e. The van der Waals surface area contributed by atoms with Crippen molar-refractivity contribution in [2.45, 2.75) is 13.0 Å². The maximum Gasteiger partial charge on any atom is 0.253 e. The third kappa shape index (κ3) is 2.18. The van der Waals surface area contributed by atoms with Crippen molar-refractivity contribution in [1.82, 2.24) is 19.8 Å². The molecule has 1 aliphatic heterocycles. The number of H-pyrrole nitrogens is 1. The number of amides is 1. The molecule has 0 saturated carbocycles. The normalized spacial score (nSPS) is 22.9. The Balaban J connectivity index is 1.82. The van der Waals surface area contributed by atoms with Gasteiger partial charge in [-0.1, -0.05) is 6.92 Å². The van der Waals surface area contributed by atoms with Gasteiger partial charge in [-0.25, -0.2) is 4.98 Å². The summed E-state index contributed by atoms with van der Waals surface area (Å²) in [7, 11) is 4.15. The minimum atomic E-state index is 0.109. The molecule has 106 valence electrons. The van der Waals surface area contributed by atoms with Gasteiger partial charge in [0.25, 0.3) is 5.91 Å². The molecule has 5 nitrogen and oxygen atoms in total. The van der Waals surface area contributed by atoms with Crippen LogP contribution in [0.1, 0.15) is 17.3 Å². The first kappa shape index (κ1) is 13.1. The van der Waals surface area contributed by atoms with E-state index in [1.807, 2.05) is 23.1 Å². The van der Waals surface area contributed by atoms with Gasteiger partial charge in [0.15, 0.2) is 0 Å². The Kier molecular flexibility index (Phi) is 3.22. The molecule has 1 aliphatic rings. The number of aromatic nitrogens is 2. The molecule has 0 radical (unpaired) electrons. The Labute approximate surface area is 118 Å². The number of hydrogen-bond acceptors (Lipinski definition) is 3. The Morgan fingerprint density at radius 2 is 2.20 bits per heavy atom. The second-order valence-corrected chi connectivity index (χ2v) is 5.85. The second kappa shape index (κ2) is 4.90. The molecule has 2 heterocycles. The fourth-order valence-electron chi connectivity index (χ4n) is 3.04. The predicted molar refractivity (Wildman–Crippen MR) is 78.6 cm³/mol. The van der Waals surface area contributed by atoms with Crippen molar-refractivity contribution in [3.63, 3.8) is 0 Å². The average Bonchev–Trinajstić information content (AvgIpc) is 3.02. The highest BCUT2D eigenvalue weighted by Gasteiger charge is 2.33. The van der Waals surface area contributed by atoms with Crippen molar-refractivity contribution in [2.75, 3.05) is 27.2 Å². The van der Waals surface area contributed by atoms with Crippen LogP contribution in [-0.4, -0.2) is 58.9 Å². The Morgan fingerprint density at radius 3 is 2.90 bits per heavy atom. The van der Waals surface area contributed by atoms with E-state index in [-0.39, 0.29) is 5.91 Å². The molecule has 3 rings (SSSR count). The third-order valence-corrected chi connectivity index (χ3v) is 4.19. The van der Waals surface area contributed by atoms with E-state index in [9.17, 15) is 4.79 Å². The molecule has 2 aromatic rings. The van der Waals surface area contributed by atoms with Gasteiger partial charge < -0.3 is 14.8 Å². The number of nitrogens with one attached hydrogen (secondary N) is 1. The van der Waals surface area contributed by atoms with Crippen molar-refractivity contribution in [3.8, 4) is 0 Å². The smallest absolute Gasteiger partial charge is 0.253 e. The highest BCUT2D eigenvalue weighted by atomic mass is 16.2. The number of aromatic amines is 1.